The van der Waals surface area contributed by atoms with Crippen LogP contribution in [-0.4, -0.2) is 31.5 Å². The maximum Gasteiger partial charge on any atom is 0.175 e. The monoisotopic (exact) mass is 331 g/mol. The number of hydrogen-bond acceptors (Lipinski definition) is 4. The molecule has 5 heteroatoms. The van der Waals surface area contributed by atoms with Gasteiger partial charge in [-0.2, -0.15) is 0 Å². The molecule has 0 heterocycles. The molecule has 1 aromatic rings. The fourth-order valence-corrected chi connectivity index (χ4v) is 2.35. The predicted molar refractivity (Wildman–Crippen MR) is 79.9 cm³/mol. The average Bonchev–Trinajstić information content (AvgIpc) is 2.39. The molecule has 0 unspecified atom stereocenters. The zero-order valence-corrected chi connectivity index (χ0v) is 13.3. The third-order valence-electron chi connectivity index (χ3n) is 2.79. The number of nitrogens with one attached hydrogen (secondary N) is 1. The molecule has 0 aliphatic heterocycles. The molecule has 1 rings (SSSR count). The second-order valence-corrected chi connectivity index (χ2v) is 5.19. The van der Waals surface area contributed by atoms with Crippen LogP contribution in [0, 0.1) is 0 Å². The molecule has 0 radical (unpaired) electrons. The van der Waals surface area contributed by atoms with Gasteiger partial charge in [0.1, 0.15) is 0 Å². The predicted octanol–water partition coefficient (Wildman–Crippen LogP) is 2.72. The first-order chi connectivity index (χ1) is 9.12. The SMILES string of the molecule is CCOc1c(Br)cc(CN[C@H](C)CCO)cc1OC. The van der Waals surface area contributed by atoms with Crippen LogP contribution in [0.1, 0.15) is 25.8 Å². The maximum absolute atomic E-state index is 8.87. The summed E-state index contributed by atoms with van der Waals surface area (Å²) in [6, 6.07) is 4.27. The van der Waals surface area contributed by atoms with E-state index in [0.717, 1.165) is 34.5 Å². The smallest absolute Gasteiger partial charge is 0.175 e. The molecule has 19 heavy (non-hydrogen) atoms. The number of ether oxygens (including phenoxy) is 2. The zero-order valence-electron chi connectivity index (χ0n) is 11.7. The minimum atomic E-state index is 0.199. The molecule has 0 saturated carbocycles. The first kappa shape index (κ1) is 16.3. The van der Waals surface area contributed by atoms with Gasteiger partial charge in [-0.25, -0.2) is 0 Å². The van der Waals surface area contributed by atoms with Gasteiger partial charge in [0, 0.05) is 19.2 Å². The van der Waals surface area contributed by atoms with Gasteiger partial charge in [-0.1, -0.05) is 0 Å². The average molecular weight is 332 g/mol. The highest BCUT2D eigenvalue weighted by Crippen LogP contribution is 2.36. The number of rotatable bonds is 8. The van der Waals surface area contributed by atoms with Crippen LogP contribution in [0.3, 0.4) is 0 Å². The molecule has 0 aliphatic rings. The van der Waals surface area contributed by atoms with Crippen LogP contribution in [0.4, 0.5) is 0 Å². The fraction of sp³-hybridized carbons (Fsp3) is 0.571. The normalized spacial score (nSPS) is 12.3. The van der Waals surface area contributed by atoms with E-state index in [2.05, 4.69) is 28.2 Å². The van der Waals surface area contributed by atoms with Gasteiger partial charge in [0.2, 0.25) is 0 Å². The summed E-state index contributed by atoms with van der Waals surface area (Å²) in [5.74, 6) is 1.46. The second-order valence-electron chi connectivity index (χ2n) is 4.34. The van der Waals surface area contributed by atoms with E-state index in [1.54, 1.807) is 7.11 Å². The Morgan fingerprint density at radius 2 is 2.16 bits per heavy atom. The summed E-state index contributed by atoms with van der Waals surface area (Å²) in [4.78, 5) is 0. The molecule has 4 nitrogen and oxygen atoms in total. The van der Waals surface area contributed by atoms with Crippen LogP contribution in [0.2, 0.25) is 0 Å². The highest BCUT2D eigenvalue weighted by molar-refractivity contribution is 9.10. The summed E-state index contributed by atoms with van der Waals surface area (Å²) < 4.78 is 11.8. The number of halogens is 1. The quantitative estimate of drug-likeness (QED) is 0.769. The van der Waals surface area contributed by atoms with Crippen LogP contribution in [0.15, 0.2) is 16.6 Å². The lowest BCUT2D eigenvalue weighted by molar-refractivity contribution is 0.268. The molecule has 2 N–H and O–H groups in total. The summed E-state index contributed by atoms with van der Waals surface area (Å²) in [6.45, 7) is 5.52. The van der Waals surface area contributed by atoms with Crippen molar-refractivity contribution in [2.45, 2.75) is 32.9 Å². The Morgan fingerprint density at radius 1 is 1.42 bits per heavy atom. The molecular weight excluding hydrogens is 310 g/mol. The molecule has 1 aromatic carbocycles. The summed E-state index contributed by atoms with van der Waals surface area (Å²) >= 11 is 3.50. The van der Waals surface area contributed by atoms with Gasteiger partial charge in [-0.3, -0.25) is 0 Å². The molecule has 0 bridgehead atoms. The van der Waals surface area contributed by atoms with Gasteiger partial charge in [0.25, 0.3) is 0 Å². The summed E-state index contributed by atoms with van der Waals surface area (Å²) in [6.07, 6.45) is 0.745. The van der Waals surface area contributed by atoms with Crippen molar-refractivity contribution in [3.05, 3.63) is 22.2 Å². The fourth-order valence-electron chi connectivity index (χ4n) is 1.75. The molecule has 108 valence electrons. The molecule has 1 atom stereocenters. The van der Waals surface area contributed by atoms with Crippen molar-refractivity contribution < 1.29 is 14.6 Å². The highest BCUT2D eigenvalue weighted by atomic mass is 79.9. The van der Waals surface area contributed by atoms with Crippen molar-refractivity contribution >= 4 is 15.9 Å². The minimum Gasteiger partial charge on any atom is -0.493 e. The first-order valence-electron chi connectivity index (χ1n) is 6.45. The van der Waals surface area contributed by atoms with E-state index >= 15 is 0 Å². The molecule has 0 saturated heterocycles. The third kappa shape index (κ3) is 5.01. The van der Waals surface area contributed by atoms with Crippen molar-refractivity contribution in [2.75, 3.05) is 20.3 Å². The Hall–Kier alpha value is -0.780. The number of aliphatic hydroxyl groups is 1. The second kappa shape index (κ2) is 8.40. The summed E-state index contributed by atoms with van der Waals surface area (Å²) in [7, 11) is 1.63. The van der Waals surface area contributed by atoms with Gasteiger partial charge in [-0.05, 0) is 53.9 Å². The molecule has 0 aromatic heterocycles. The summed E-state index contributed by atoms with van der Waals surface area (Å²) in [5.41, 5.74) is 1.11. The molecule has 0 spiro atoms. The van der Waals surface area contributed by atoms with Gasteiger partial charge in [0.15, 0.2) is 11.5 Å². The van der Waals surface area contributed by atoms with Gasteiger partial charge in [0.05, 0.1) is 18.2 Å². The topological polar surface area (TPSA) is 50.7 Å². The Balaban J connectivity index is 2.77. The van der Waals surface area contributed by atoms with E-state index in [1.165, 1.54) is 0 Å². The van der Waals surface area contributed by atoms with Crippen LogP contribution < -0.4 is 14.8 Å². The van der Waals surface area contributed by atoms with E-state index in [-0.39, 0.29) is 12.6 Å². The van der Waals surface area contributed by atoms with Gasteiger partial charge in [-0.15, -0.1) is 0 Å². The van der Waals surface area contributed by atoms with E-state index in [0.29, 0.717) is 6.61 Å². The Kier molecular flexibility index (Phi) is 7.20. The first-order valence-corrected chi connectivity index (χ1v) is 7.25. The lowest BCUT2D eigenvalue weighted by Gasteiger charge is -2.16. The number of hydrogen-bond donors (Lipinski definition) is 2. The van der Waals surface area contributed by atoms with Crippen molar-refractivity contribution in [1.82, 2.24) is 5.32 Å². The Morgan fingerprint density at radius 3 is 2.74 bits per heavy atom. The van der Waals surface area contributed by atoms with Crippen molar-refractivity contribution in [3.63, 3.8) is 0 Å². The van der Waals surface area contributed by atoms with Crippen LogP contribution in [-0.2, 0) is 6.54 Å². The molecule has 0 fully saturated rings. The van der Waals surface area contributed by atoms with Gasteiger partial charge < -0.3 is 19.9 Å². The zero-order chi connectivity index (χ0) is 14.3. The standard InChI is InChI=1S/C14H22BrNO3/c1-4-19-14-12(15)7-11(8-13(14)18-3)9-16-10(2)5-6-17/h7-8,10,16-17H,4-6,9H2,1-3H3/t10-/m1/s1. The largest absolute Gasteiger partial charge is 0.493 e. The highest BCUT2D eigenvalue weighted by Gasteiger charge is 2.11. The Bertz CT molecular complexity index is 399. The molecule has 0 aliphatic carbocycles. The van der Waals surface area contributed by atoms with Crippen LogP contribution >= 0.6 is 15.9 Å². The van der Waals surface area contributed by atoms with Crippen LogP contribution in [0.25, 0.3) is 0 Å². The lowest BCUT2D eigenvalue weighted by Crippen LogP contribution is -2.26. The number of benzene rings is 1. The van der Waals surface area contributed by atoms with Gasteiger partial charge >= 0.3 is 0 Å². The molecule has 0 amide bonds. The van der Waals surface area contributed by atoms with Crippen molar-refractivity contribution in [2.24, 2.45) is 0 Å². The lowest BCUT2D eigenvalue weighted by atomic mass is 10.1. The van der Waals surface area contributed by atoms with Crippen molar-refractivity contribution in [3.8, 4) is 11.5 Å². The van der Waals surface area contributed by atoms with E-state index in [4.69, 9.17) is 14.6 Å². The Labute approximate surface area is 123 Å². The number of aliphatic hydroxyl groups excluding tert-OH is 1. The van der Waals surface area contributed by atoms with E-state index in [9.17, 15) is 0 Å². The van der Waals surface area contributed by atoms with E-state index in [1.807, 2.05) is 19.1 Å². The summed E-state index contributed by atoms with van der Waals surface area (Å²) in [5, 5.41) is 12.2. The molecular formula is C14H22BrNO3. The minimum absolute atomic E-state index is 0.199. The van der Waals surface area contributed by atoms with Crippen LogP contribution in [0.5, 0.6) is 11.5 Å². The van der Waals surface area contributed by atoms with E-state index < -0.39 is 0 Å². The third-order valence-corrected chi connectivity index (χ3v) is 3.38. The number of methoxy groups -OCH3 is 1. The maximum atomic E-state index is 8.87. The van der Waals surface area contributed by atoms with Crippen molar-refractivity contribution in [1.29, 1.82) is 0 Å².